The summed E-state index contributed by atoms with van der Waals surface area (Å²) in [6.45, 7) is 8.97. The van der Waals surface area contributed by atoms with E-state index in [-0.39, 0.29) is 29.9 Å². The molecule has 1 aromatic heterocycles. The van der Waals surface area contributed by atoms with Crippen molar-refractivity contribution in [3.63, 3.8) is 0 Å². The fraction of sp³-hybridized carbons (Fsp3) is 0.324. The molecule has 0 radical (unpaired) electrons. The van der Waals surface area contributed by atoms with E-state index >= 15 is 0 Å². The molecule has 0 saturated carbocycles. The molecule has 0 fully saturated rings. The van der Waals surface area contributed by atoms with Crippen LogP contribution in [0.4, 0.5) is 4.79 Å². The molecule has 2 atom stereocenters. The maximum absolute atomic E-state index is 14.2. The van der Waals surface area contributed by atoms with Crippen LogP contribution in [0.15, 0.2) is 97.3 Å². The second-order valence-electron chi connectivity index (χ2n) is 10.7. The van der Waals surface area contributed by atoms with E-state index in [0.29, 0.717) is 13.1 Å². The number of benzene rings is 3. The average Bonchev–Trinajstić information content (AvgIpc) is 2.96. The molecule has 3 amide bonds. The van der Waals surface area contributed by atoms with E-state index in [1.54, 1.807) is 12.4 Å². The number of hydrogen-bond donors (Lipinski definition) is 2. The molecule has 2 N–H and O–H groups in total. The Morgan fingerprint density at radius 3 is 2.15 bits per heavy atom. The van der Waals surface area contributed by atoms with Gasteiger partial charge >= 0.3 is 6.03 Å². The zero-order chi connectivity index (χ0) is 28.5. The van der Waals surface area contributed by atoms with Crippen molar-refractivity contribution < 1.29 is 9.59 Å². The summed E-state index contributed by atoms with van der Waals surface area (Å²) in [4.78, 5) is 33.4. The average molecular weight is 537 g/mol. The molecule has 208 valence electrons. The van der Waals surface area contributed by atoms with Gasteiger partial charge in [0.25, 0.3) is 0 Å². The second kappa shape index (κ2) is 13.7. The summed E-state index contributed by atoms with van der Waals surface area (Å²) in [6.07, 6.45) is 4.21. The van der Waals surface area contributed by atoms with Gasteiger partial charge in [0.05, 0.1) is 5.92 Å². The van der Waals surface area contributed by atoms with Crippen LogP contribution in [0.5, 0.6) is 0 Å². The number of urea groups is 1. The van der Waals surface area contributed by atoms with Gasteiger partial charge in [0, 0.05) is 43.5 Å². The van der Waals surface area contributed by atoms with Gasteiger partial charge in [-0.05, 0) is 67.6 Å². The van der Waals surface area contributed by atoms with Crippen LogP contribution >= 0.6 is 0 Å². The number of fused-ring (bicyclic) bond motifs is 1. The Kier molecular flexibility index (Phi) is 9.90. The van der Waals surface area contributed by atoms with E-state index < -0.39 is 5.92 Å². The maximum atomic E-state index is 14.2. The van der Waals surface area contributed by atoms with Gasteiger partial charge in [0.2, 0.25) is 5.91 Å². The van der Waals surface area contributed by atoms with Crippen molar-refractivity contribution in [2.75, 3.05) is 13.1 Å². The molecule has 6 heteroatoms. The first-order valence-electron chi connectivity index (χ1n) is 14.1. The lowest BCUT2D eigenvalue weighted by Crippen LogP contribution is -2.47. The first-order chi connectivity index (χ1) is 19.4. The SMILES string of the molecule is CC(C)N(C(=O)C(c1cccnc1)C(CNC(=O)NCCc1cccc2ccccc12)c1ccccc1)C(C)C. The summed E-state index contributed by atoms with van der Waals surface area (Å²) in [5, 5.41) is 8.47. The van der Waals surface area contributed by atoms with Crippen molar-refractivity contribution in [2.24, 2.45) is 0 Å². The minimum absolute atomic E-state index is 0.0324. The molecule has 3 aromatic carbocycles. The van der Waals surface area contributed by atoms with Gasteiger partial charge in [0.1, 0.15) is 0 Å². The Morgan fingerprint density at radius 1 is 0.775 bits per heavy atom. The van der Waals surface area contributed by atoms with Crippen LogP contribution in [0.2, 0.25) is 0 Å². The van der Waals surface area contributed by atoms with E-state index in [2.05, 4.69) is 45.9 Å². The standard InChI is InChI=1S/C34H40N4O2/c1-24(2)38(25(3)4)33(39)32(29-17-11-20-35-22-29)31(27-12-6-5-7-13-27)23-37-34(40)36-21-19-28-16-10-15-26-14-8-9-18-30(26)28/h5-18,20,22,24-25,31-32H,19,21,23H2,1-4H3,(H2,36,37,40). The molecule has 2 unspecified atom stereocenters. The number of amides is 3. The lowest BCUT2D eigenvalue weighted by molar-refractivity contribution is -0.137. The molecule has 40 heavy (non-hydrogen) atoms. The topological polar surface area (TPSA) is 74.3 Å². The Balaban J connectivity index is 1.52. The highest BCUT2D eigenvalue weighted by molar-refractivity contribution is 5.86. The number of carbonyl (C=O) groups is 2. The number of hydrogen-bond acceptors (Lipinski definition) is 3. The predicted octanol–water partition coefficient (Wildman–Crippen LogP) is 6.29. The number of carbonyl (C=O) groups excluding carboxylic acids is 2. The van der Waals surface area contributed by atoms with Crippen molar-refractivity contribution in [2.45, 2.75) is 58.0 Å². The molecule has 0 bridgehead atoms. The molecule has 4 aromatic rings. The van der Waals surface area contributed by atoms with Crippen LogP contribution in [0, 0.1) is 0 Å². The predicted molar refractivity (Wildman–Crippen MR) is 162 cm³/mol. The van der Waals surface area contributed by atoms with E-state index in [0.717, 1.165) is 17.5 Å². The Morgan fingerprint density at radius 2 is 1.45 bits per heavy atom. The largest absolute Gasteiger partial charge is 0.338 e. The van der Waals surface area contributed by atoms with Gasteiger partial charge in [0.15, 0.2) is 0 Å². The molecule has 0 aliphatic rings. The number of nitrogens with one attached hydrogen (secondary N) is 2. The fourth-order valence-electron chi connectivity index (χ4n) is 5.59. The second-order valence-corrected chi connectivity index (χ2v) is 10.7. The van der Waals surface area contributed by atoms with E-state index in [1.807, 2.05) is 87.2 Å². The van der Waals surface area contributed by atoms with Crippen molar-refractivity contribution >= 4 is 22.7 Å². The minimum Gasteiger partial charge on any atom is -0.338 e. The zero-order valence-electron chi connectivity index (χ0n) is 23.9. The van der Waals surface area contributed by atoms with E-state index in [1.165, 1.54) is 16.3 Å². The van der Waals surface area contributed by atoms with E-state index in [9.17, 15) is 9.59 Å². The smallest absolute Gasteiger partial charge is 0.314 e. The summed E-state index contributed by atoms with van der Waals surface area (Å²) < 4.78 is 0. The van der Waals surface area contributed by atoms with Crippen molar-refractivity contribution in [3.8, 4) is 0 Å². The molecule has 6 nitrogen and oxygen atoms in total. The fourth-order valence-corrected chi connectivity index (χ4v) is 5.59. The first-order valence-corrected chi connectivity index (χ1v) is 14.1. The zero-order valence-corrected chi connectivity index (χ0v) is 23.9. The van der Waals surface area contributed by atoms with Crippen LogP contribution in [-0.2, 0) is 11.2 Å². The Hall–Kier alpha value is -4.19. The minimum atomic E-state index is -0.503. The van der Waals surface area contributed by atoms with Crippen LogP contribution in [-0.4, -0.2) is 47.0 Å². The molecule has 4 rings (SSSR count). The van der Waals surface area contributed by atoms with Crippen LogP contribution < -0.4 is 10.6 Å². The summed E-state index contributed by atoms with van der Waals surface area (Å²) in [6, 6.07) is 28.1. The van der Waals surface area contributed by atoms with Gasteiger partial charge in [-0.3, -0.25) is 9.78 Å². The highest BCUT2D eigenvalue weighted by atomic mass is 16.2. The van der Waals surface area contributed by atoms with Gasteiger partial charge in [-0.1, -0.05) is 78.9 Å². The van der Waals surface area contributed by atoms with Crippen LogP contribution in [0.25, 0.3) is 10.8 Å². The highest BCUT2D eigenvalue weighted by Crippen LogP contribution is 2.35. The van der Waals surface area contributed by atoms with Crippen LogP contribution in [0.3, 0.4) is 0 Å². The lowest BCUT2D eigenvalue weighted by atomic mass is 9.80. The molecule has 1 heterocycles. The molecule has 0 aliphatic heterocycles. The molecule has 0 saturated heterocycles. The third-order valence-corrected chi connectivity index (χ3v) is 7.35. The Bertz CT molecular complexity index is 1380. The molecular weight excluding hydrogens is 496 g/mol. The summed E-state index contributed by atoms with van der Waals surface area (Å²) >= 11 is 0. The number of pyridine rings is 1. The lowest BCUT2D eigenvalue weighted by Gasteiger charge is -2.37. The third kappa shape index (κ3) is 7.06. The van der Waals surface area contributed by atoms with Crippen molar-refractivity contribution in [3.05, 3.63) is 114 Å². The van der Waals surface area contributed by atoms with Gasteiger partial charge in [-0.25, -0.2) is 4.79 Å². The first kappa shape index (κ1) is 28.8. The quantitative estimate of drug-likeness (QED) is 0.237. The normalized spacial score (nSPS) is 12.8. The van der Waals surface area contributed by atoms with Gasteiger partial charge in [-0.15, -0.1) is 0 Å². The number of rotatable bonds is 11. The Labute approximate surface area is 237 Å². The molecule has 0 aliphatic carbocycles. The number of aromatic nitrogens is 1. The molecule has 0 spiro atoms. The summed E-state index contributed by atoms with van der Waals surface area (Å²) in [5.74, 6) is -0.747. The van der Waals surface area contributed by atoms with Crippen molar-refractivity contribution in [1.82, 2.24) is 20.5 Å². The van der Waals surface area contributed by atoms with Gasteiger partial charge in [-0.2, -0.15) is 0 Å². The summed E-state index contributed by atoms with van der Waals surface area (Å²) in [7, 11) is 0. The van der Waals surface area contributed by atoms with E-state index in [4.69, 9.17) is 0 Å². The maximum Gasteiger partial charge on any atom is 0.314 e. The van der Waals surface area contributed by atoms with Crippen molar-refractivity contribution in [1.29, 1.82) is 0 Å². The number of nitrogens with zero attached hydrogens (tertiary/aromatic N) is 2. The summed E-state index contributed by atoms with van der Waals surface area (Å²) in [5.41, 5.74) is 3.03. The monoisotopic (exact) mass is 536 g/mol. The molecular formula is C34H40N4O2. The highest BCUT2D eigenvalue weighted by Gasteiger charge is 2.36. The third-order valence-electron chi connectivity index (χ3n) is 7.35. The van der Waals surface area contributed by atoms with Crippen LogP contribution in [0.1, 0.15) is 56.2 Å². The van der Waals surface area contributed by atoms with Gasteiger partial charge < -0.3 is 15.5 Å².